The number of ketones is 1. The Balaban J connectivity index is 2.07. The summed E-state index contributed by atoms with van der Waals surface area (Å²) in [7, 11) is 4.51. The lowest BCUT2D eigenvalue weighted by Gasteiger charge is -2.28. The van der Waals surface area contributed by atoms with Crippen LogP contribution in [0.25, 0.3) is 5.76 Å². The topological polar surface area (TPSA) is 85.3 Å². The van der Waals surface area contributed by atoms with Crippen LogP contribution in [0.3, 0.4) is 0 Å². The molecule has 1 aliphatic heterocycles. The predicted molar refractivity (Wildman–Crippen MR) is 152 cm³/mol. The van der Waals surface area contributed by atoms with Crippen molar-refractivity contribution >= 4 is 23.1 Å². The van der Waals surface area contributed by atoms with Gasteiger partial charge in [0.2, 0.25) is 5.75 Å². The van der Waals surface area contributed by atoms with Gasteiger partial charge in [-0.25, -0.2) is 0 Å². The predicted octanol–water partition coefficient (Wildman–Crippen LogP) is 6.25. The first-order chi connectivity index (χ1) is 18.4. The van der Waals surface area contributed by atoms with E-state index in [0.29, 0.717) is 34.1 Å². The third-order valence-corrected chi connectivity index (χ3v) is 7.18. The van der Waals surface area contributed by atoms with Gasteiger partial charge in [-0.1, -0.05) is 51.1 Å². The Morgan fingerprint density at radius 3 is 2.00 bits per heavy atom. The smallest absolute Gasteiger partial charge is 0.300 e. The summed E-state index contributed by atoms with van der Waals surface area (Å²) in [6, 6.07) is 15.6. The minimum atomic E-state index is -0.947. The largest absolute Gasteiger partial charge is 0.507 e. The molecule has 7 nitrogen and oxygen atoms in total. The van der Waals surface area contributed by atoms with Gasteiger partial charge in [-0.15, -0.1) is 0 Å². The van der Waals surface area contributed by atoms with Crippen LogP contribution in [0, 0.1) is 13.8 Å². The zero-order valence-corrected chi connectivity index (χ0v) is 23.7. The van der Waals surface area contributed by atoms with Gasteiger partial charge in [0.15, 0.2) is 11.5 Å². The maximum Gasteiger partial charge on any atom is 0.300 e. The number of anilines is 1. The molecule has 0 radical (unpaired) electrons. The third kappa shape index (κ3) is 4.85. The molecule has 1 atom stereocenters. The van der Waals surface area contributed by atoms with E-state index in [1.54, 1.807) is 18.2 Å². The van der Waals surface area contributed by atoms with Crippen molar-refractivity contribution in [2.45, 2.75) is 46.1 Å². The Hall–Kier alpha value is -4.26. The van der Waals surface area contributed by atoms with E-state index >= 15 is 0 Å². The average Bonchev–Trinajstić information content (AvgIpc) is 3.17. The van der Waals surface area contributed by atoms with E-state index in [9.17, 15) is 14.7 Å². The number of carbonyl (C=O) groups is 2. The van der Waals surface area contributed by atoms with Crippen LogP contribution in [0.2, 0.25) is 0 Å². The second-order valence-electron chi connectivity index (χ2n) is 10.7. The van der Waals surface area contributed by atoms with Crippen LogP contribution in [0.4, 0.5) is 5.69 Å². The third-order valence-electron chi connectivity index (χ3n) is 7.18. The van der Waals surface area contributed by atoms with E-state index in [0.717, 1.165) is 16.7 Å². The molecule has 1 amide bonds. The van der Waals surface area contributed by atoms with Gasteiger partial charge in [0.1, 0.15) is 5.76 Å². The van der Waals surface area contributed by atoms with Crippen molar-refractivity contribution in [3.63, 3.8) is 0 Å². The second kappa shape index (κ2) is 10.5. The molecule has 204 valence electrons. The van der Waals surface area contributed by atoms with E-state index in [1.165, 1.54) is 26.2 Å². The van der Waals surface area contributed by atoms with Crippen LogP contribution >= 0.6 is 0 Å². The van der Waals surface area contributed by atoms with Crippen LogP contribution in [-0.4, -0.2) is 38.1 Å². The minimum Gasteiger partial charge on any atom is -0.507 e. The standard InChI is InChI=1S/C32H35NO6/c1-18-13-14-21(32(3,4)5)17-22(18)28(34)26-27(20-15-24(37-6)30(39-8)25(16-20)38-7)33(31(36)29(26)35)23-12-10-9-11-19(23)2/h9-17,27,34H,1-8H3/b28-26+. The number of Topliss-reactive ketones (excluding diaryl/α,β-unsaturated/α-hetero) is 1. The summed E-state index contributed by atoms with van der Waals surface area (Å²) in [5.74, 6) is -0.609. The molecule has 1 heterocycles. The Bertz CT molecular complexity index is 1460. The molecule has 1 N–H and O–H groups in total. The highest BCUT2D eigenvalue weighted by molar-refractivity contribution is 6.51. The molecule has 0 spiro atoms. The summed E-state index contributed by atoms with van der Waals surface area (Å²) in [5.41, 5.74) is 3.98. The number of rotatable bonds is 6. The summed E-state index contributed by atoms with van der Waals surface area (Å²) >= 11 is 0. The van der Waals surface area contributed by atoms with Crippen LogP contribution in [0.15, 0.2) is 60.2 Å². The minimum absolute atomic E-state index is 0.00770. The van der Waals surface area contributed by atoms with Crippen LogP contribution in [0.1, 0.15) is 54.6 Å². The van der Waals surface area contributed by atoms with E-state index in [4.69, 9.17) is 14.2 Å². The molecule has 1 aliphatic rings. The normalized spacial score (nSPS) is 16.9. The maximum atomic E-state index is 13.7. The van der Waals surface area contributed by atoms with Crippen molar-refractivity contribution in [2.24, 2.45) is 0 Å². The van der Waals surface area contributed by atoms with Crippen molar-refractivity contribution < 1.29 is 28.9 Å². The van der Waals surface area contributed by atoms with Gasteiger partial charge in [-0.2, -0.15) is 0 Å². The average molecular weight is 530 g/mol. The van der Waals surface area contributed by atoms with Crippen molar-refractivity contribution in [2.75, 3.05) is 26.2 Å². The lowest BCUT2D eigenvalue weighted by Crippen LogP contribution is -2.30. The number of aryl methyl sites for hydroxylation is 2. The van der Waals surface area contributed by atoms with Gasteiger partial charge in [0.25, 0.3) is 11.7 Å². The highest BCUT2D eigenvalue weighted by Gasteiger charge is 2.48. The number of amides is 1. The molecule has 0 aromatic heterocycles. The van der Waals surface area contributed by atoms with Crippen molar-refractivity contribution in [1.82, 2.24) is 0 Å². The first-order valence-corrected chi connectivity index (χ1v) is 12.7. The van der Waals surface area contributed by atoms with Crippen molar-refractivity contribution in [1.29, 1.82) is 0 Å². The number of aliphatic hydroxyl groups is 1. The highest BCUT2D eigenvalue weighted by Crippen LogP contribution is 2.48. The Morgan fingerprint density at radius 2 is 1.46 bits per heavy atom. The summed E-state index contributed by atoms with van der Waals surface area (Å²) in [4.78, 5) is 28.8. The Labute approximate surface area is 229 Å². The number of nitrogens with zero attached hydrogens (tertiary/aromatic N) is 1. The first kappa shape index (κ1) is 27.8. The Morgan fingerprint density at radius 1 is 0.846 bits per heavy atom. The zero-order chi connectivity index (χ0) is 28.6. The number of aliphatic hydroxyl groups excluding tert-OH is 1. The SMILES string of the molecule is COc1cc(C2/C(=C(\O)c3cc(C(C)(C)C)ccc3C)C(=O)C(=O)N2c2ccccc2C)cc(OC)c1OC. The number of para-hydroxylation sites is 1. The van der Waals surface area contributed by atoms with Gasteiger partial charge in [-0.05, 0) is 65.8 Å². The molecule has 3 aromatic carbocycles. The van der Waals surface area contributed by atoms with Gasteiger partial charge in [-0.3, -0.25) is 14.5 Å². The zero-order valence-electron chi connectivity index (χ0n) is 23.7. The molecule has 0 saturated carbocycles. The lowest BCUT2D eigenvalue weighted by atomic mass is 9.84. The molecule has 3 aromatic rings. The van der Waals surface area contributed by atoms with Gasteiger partial charge in [0, 0.05) is 11.3 Å². The highest BCUT2D eigenvalue weighted by atomic mass is 16.5. The molecule has 7 heteroatoms. The van der Waals surface area contributed by atoms with Crippen LogP contribution in [0.5, 0.6) is 17.2 Å². The number of benzene rings is 3. The summed E-state index contributed by atoms with van der Waals surface area (Å²) in [5, 5.41) is 11.8. The molecule has 39 heavy (non-hydrogen) atoms. The van der Waals surface area contributed by atoms with Crippen molar-refractivity contribution in [3.05, 3.63) is 88.0 Å². The van der Waals surface area contributed by atoms with Crippen molar-refractivity contribution in [3.8, 4) is 17.2 Å². The van der Waals surface area contributed by atoms with Gasteiger partial charge in [0.05, 0.1) is 32.9 Å². The second-order valence-corrected chi connectivity index (χ2v) is 10.7. The summed E-state index contributed by atoms with van der Waals surface area (Å²) < 4.78 is 16.7. The molecule has 1 unspecified atom stereocenters. The number of hydrogen-bond donors (Lipinski definition) is 1. The van der Waals surface area contributed by atoms with E-state index in [-0.39, 0.29) is 16.7 Å². The molecule has 1 fully saturated rings. The fourth-order valence-corrected chi connectivity index (χ4v) is 4.98. The fourth-order valence-electron chi connectivity index (χ4n) is 4.98. The van der Waals surface area contributed by atoms with E-state index < -0.39 is 17.7 Å². The van der Waals surface area contributed by atoms with Gasteiger partial charge >= 0.3 is 0 Å². The molecule has 4 rings (SSSR count). The summed E-state index contributed by atoms with van der Waals surface area (Å²) in [6.07, 6.45) is 0. The van der Waals surface area contributed by atoms with Crippen LogP contribution < -0.4 is 19.1 Å². The van der Waals surface area contributed by atoms with Crippen LogP contribution in [-0.2, 0) is 15.0 Å². The molecular formula is C32H35NO6. The molecular weight excluding hydrogens is 494 g/mol. The van der Waals surface area contributed by atoms with Gasteiger partial charge < -0.3 is 19.3 Å². The first-order valence-electron chi connectivity index (χ1n) is 12.7. The fraction of sp³-hybridized carbons (Fsp3) is 0.312. The Kier molecular flexibility index (Phi) is 7.46. The number of methoxy groups -OCH3 is 3. The van der Waals surface area contributed by atoms with E-state index in [1.807, 2.05) is 50.2 Å². The molecule has 0 bridgehead atoms. The number of ether oxygens (including phenoxy) is 3. The number of hydrogen-bond acceptors (Lipinski definition) is 6. The maximum absolute atomic E-state index is 13.7. The molecule has 0 aliphatic carbocycles. The number of carbonyl (C=O) groups excluding carboxylic acids is 2. The quantitative estimate of drug-likeness (QED) is 0.231. The lowest BCUT2D eigenvalue weighted by molar-refractivity contribution is -0.132. The van der Waals surface area contributed by atoms with E-state index in [2.05, 4.69) is 20.8 Å². The summed E-state index contributed by atoms with van der Waals surface area (Å²) in [6.45, 7) is 9.97. The molecule has 1 saturated heterocycles. The monoisotopic (exact) mass is 529 g/mol.